The van der Waals surface area contributed by atoms with E-state index in [0.29, 0.717) is 16.3 Å². The van der Waals surface area contributed by atoms with Gasteiger partial charge in [0.25, 0.3) is 5.91 Å². The first-order valence-electron chi connectivity index (χ1n) is 9.53. The molecule has 1 heterocycles. The van der Waals surface area contributed by atoms with E-state index >= 15 is 0 Å². The van der Waals surface area contributed by atoms with Gasteiger partial charge in [-0.3, -0.25) is 14.4 Å². The number of nitrogens with zero attached hydrogens (tertiary/aromatic N) is 1. The smallest absolute Gasteiger partial charge is 0.311 e. The zero-order chi connectivity index (χ0) is 21.8. The third kappa shape index (κ3) is 5.02. The molecule has 0 aromatic heterocycles. The number of rotatable bonds is 6. The molecule has 0 bridgehead atoms. The van der Waals surface area contributed by atoms with Gasteiger partial charge in [-0.15, -0.1) is 0 Å². The Morgan fingerprint density at radius 3 is 2.67 bits per heavy atom. The van der Waals surface area contributed by atoms with Gasteiger partial charge in [-0.05, 0) is 53.0 Å². The standard InChI is InChI=1S/C22H22BrClN2O4/c1-13-18(9-8-17(23)21(13)24)25-19(27)12-30-22(29)16-10-20(28)26(11-16)14(2)15-6-4-3-5-7-15/h3-9,14,16H,10-12H2,1-2H3,(H,25,27)/t14-,16+/m0/s1. The number of carbonyl (C=O) groups is 3. The van der Waals surface area contributed by atoms with E-state index in [1.165, 1.54) is 0 Å². The molecule has 0 saturated carbocycles. The van der Waals surface area contributed by atoms with E-state index in [1.54, 1.807) is 24.0 Å². The van der Waals surface area contributed by atoms with Gasteiger partial charge in [-0.2, -0.15) is 0 Å². The molecule has 1 fully saturated rings. The van der Waals surface area contributed by atoms with Crippen LogP contribution in [0.25, 0.3) is 0 Å². The summed E-state index contributed by atoms with van der Waals surface area (Å²) in [7, 11) is 0. The minimum Gasteiger partial charge on any atom is -0.455 e. The first kappa shape index (κ1) is 22.3. The first-order valence-corrected chi connectivity index (χ1v) is 10.7. The Balaban J connectivity index is 1.53. The van der Waals surface area contributed by atoms with Crippen molar-refractivity contribution in [3.63, 3.8) is 0 Å². The van der Waals surface area contributed by atoms with Crippen molar-refractivity contribution in [3.05, 3.63) is 63.1 Å². The number of amides is 2. The molecule has 1 saturated heterocycles. The second kappa shape index (κ2) is 9.62. The van der Waals surface area contributed by atoms with Gasteiger partial charge >= 0.3 is 5.97 Å². The Bertz CT molecular complexity index is 967. The highest BCUT2D eigenvalue weighted by molar-refractivity contribution is 9.10. The summed E-state index contributed by atoms with van der Waals surface area (Å²) in [5.74, 6) is -1.70. The van der Waals surface area contributed by atoms with Crippen LogP contribution in [0.1, 0.15) is 30.5 Å². The third-order valence-corrected chi connectivity index (χ3v) is 6.58. The van der Waals surface area contributed by atoms with Crippen LogP contribution in [0, 0.1) is 12.8 Å². The Morgan fingerprint density at radius 2 is 1.97 bits per heavy atom. The summed E-state index contributed by atoms with van der Waals surface area (Å²) in [5.41, 5.74) is 2.25. The number of carbonyl (C=O) groups excluding carboxylic acids is 3. The van der Waals surface area contributed by atoms with E-state index in [1.807, 2.05) is 37.3 Å². The van der Waals surface area contributed by atoms with Crippen LogP contribution in [-0.2, 0) is 19.1 Å². The van der Waals surface area contributed by atoms with Crippen molar-refractivity contribution in [2.45, 2.75) is 26.3 Å². The predicted molar refractivity (Wildman–Crippen MR) is 118 cm³/mol. The van der Waals surface area contributed by atoms with Crippen molar-refractivity contribution in [2.75, 3.05) is 18.5 Å². The van der Waals surface area contributed by atoms with Gasteiger partial charge in [-0.1, -0.05) is 41.9 Å². The van der Waals surface area contributed by atoms with E-state index in [-0.39, 0.29) is 24.9 Å². The van der Waals surface area contributed by atoms with Crippen molar-refractivity contribution in [2.24, 2.45) is 5.92 Å². The number of ether oxygens (including phenoxy) is 1. The van der Waals surface area contributed by atoms with Gasteiger partial charge < -0.3 is 15.0 Å². The fourth-order valence-electron chi connectivity index (χ4n) is 3.40. The van der Waals surface area contributed by atoms with Crippen molar-refractivity contribution in [1.82, 2.24) is 4.90 Å². The number of hydrogen-bond donors (Lipinski definition) is 1. The molecule has 0 aliphatic carbocycles. The summed E-state index contributed by atoms with van der Waals surface area (Å²) in [4.78, 5) is 38.7. The molecule has 1 aliphatic rings. The number of esters is 1. The molecular formula is C22H22BrClN2O4. The number of anilines is 1. The maximum Gasteiger partial charge on any atom is 0.311 e. The Hall–Kier alpha value is -2.38. The highest BCUT2D eigenvalue weighted by Gasteiger charge is 2.38. The van der Waals surface area contributed by atoms with Crippen LogP contribution in [0.4, 0.5) is 5.69 Å². The third-order valence-electron chi connectivity index (χ3n) is 5.20. The molecule has 1 N–H and O–H groups in total. The topological polar surface area (TPSA) is 75.7 Å². The molecule has 3 rings (SSSR count). The molecule has 30 heavy (non-hydrogen) atoms. The summed E-state index contributed by atoms with van der Waals surface area (Å²) in [6.07, 6.45) is 0.0824. The summed E-state index contributed by atoms with van der Waals surface area (Å²) >= 11 is 9.48. The number of benzene rings is 2. The Labute approximate surface area is 188 Å². The van der Waals surface area contributed by atoms with Crippen LogP contribution in [0.5, 0.6) is 0 Å². The average molecular weight is 494 g/mol. The van der Waals surface area contributed by atoms with E-state index < -0.39 is 24.4 Å². The van der Waals surface area contributed by atoms with Crippen LogP contribution in [-0.4, -0.2) is 35.8 Å². The average Bonchev–Trinajstić information content (AvgIpc) is 3.14. The quantitative estimate of drug-likeness (QED) is 0.601. The minimum absolute atomic E-state index is 0.0824. The molecule has 2 aromatic rings. The van der Waals surface area contributed by atoms with Crippen LogP contribution in [0.2, 0.25) is 5.02 Å². The van der Waals surface area contributed by atoms with E-state index in [2.05, 4.69) is 21.2 Å². The van der Waals surface area contributed by atoms with Crippen molar-refractivity contribution < 1.29 is 19.1 Å². The second-order valence-corrected chi connectivity index (χ2v) is 8.46. The highest BCUT2D eigenvalue weighted by atomic mass is 79.9. The molecule has 6 nitrogen and oxygen atoms in total. The number of halogens is 2. The fraction of sp³-hybridized carbons (Fsp3) is 0.318. The molecule has 0 radical (unpaired) electrons. The van der Waals surface area contributed by atoms with E-state index in [4.69, 9.17) is 16.3 Å². The number of nitrogens with one attached hydrogen (secondary N) is 1. The Kier molecular flexibility index (Phi) is 7.15. The maximum atomic E-state index is 12.4. The molecule has 2 amide bonds. The number of likely N-dealkylation sites (tertiary alicyclic amines) is 1. The summed E-state index contributed by atoms with van der Waals surface area (Å²) in [6, 6.07) is 12.9. The largest absolute Gasteiger partial charge is 0.455 e. The predicted octanol–water partition coefficient (Wildman–Crippen LogP) is 4.50. The lowest BCUT2D eigenvalue weighted by molar-refractivity contribution is -0.151. The molecule has 2 aromatic carbocycles. The second-order valence-electron chi connectivity index (χ2n) is 7.22. The fourth-order valence-corrected chi connectivity index (χ4v) is 4.00. The molecule has 1 aliphatic heterocycles. The molecule has 158 valence electrons. The zero-order valence-corrected chi connectivity index (χ0v) is 19.0. The van der Waals surface area contributed by atoms with Crippen molar-refractivity contribution in [1.29, 1.82) is 0 Å². The molecule has 0 spiro atoms. The lowest BCUT2D eigenvalue weighted by atomic mass is 10.1. The lowest BCUT2D eigenvalue weighted by Crippen LogP contribution is -2.30. The van der Waals surface area contributed by atoms with Crippen molar-refractivity contribution in [3.8, 4) is 0 Å². The summed E-state index contributed by atoms with van der Waals surface area (Å²) < 4.78 is 5.89. The summed E-state index contributed by atoms with van der Waals surface area (Å²) in [6.45, 7) is 3.56. The maximum absolute atomic E-state index is 12.4. The summed E-state index contributed by atoms with van der Waals surface area (Å²) in [5, 5.41) is 3.18. The lowest BCUT2D eigenvalue weighted by Gasteiger charge is -2.25. The van der Waals surface area contributed by atoms with Crippen LogP contribution < -0.4 is 5.32 Å². The van der Waals surface area contributed by atoms with E-state index in [0.717, 1.165) is 10.0 Å². The van der Waals surface area contributed by atoms with E-state index in [9.17, 15) is 14.4 Å². The van der Waals surface area contributed by atoms with Crippen LogP contribution >= 0.6 is 27.5 Å². The Morgan fingerprint density at radius 1 is 1.27 bits per heavy atom. The van der Waals surface area contributed by atoms with Crippen LogP contribution in [0.15, 0.2) is 46.9 Å². The first-order chi connectivity index (χ1) is 14.3. The van der Waals surface area contributed by atoms with Gasteiger partial charge in [-0.25, -0.2) is 0 Å². The van der Waals surface area contributed by atoms with Crippen LogP contribution in [0.3, 0.4) is 0 Å². The SMILES string of the molecule is Cc1c(NC(=O)COC(=O)[C@@H]2CC(=O)N([C@@H](C)c3ccccc3)C2)ccc(Br)c1Cl. The van der Waals surface area contributed by atoms with Gasteiger partial charge in [0, 0.05) is 23.1 Å². The molecule has 2 atom stereocenters. The number of hydrogen-bond acceptors (Lipinski definition) is 4. The monoisotopic (exact) mass is 492 g/mol. The van der Waals surface area contributed by atoms with Crippen molar-refractivity contribution >= 4 is 51.0 Å². The molecule has 0 unspecified atom stereocenters. The minimum atomic E-state index is -0.583. The highest BCUT2D eigenvalue weighted by Crippen LogP contribution is 2.31. The molecule has 8 heteroatoms. The normalized spacial score (nSPS) is 17.0. The van der Waals surface area contributed by atoms with Gasteiger partial charge in [0.1, 0.15) is 0 Å². The molecular weight excluding hydrogens is 472 g/mol. The van der Waals surface area contributed by atoms with Gasteiger partial charge in [0.15, 0.2) is 6.61 Å². The van der Waals surface area contributed by atoms with Gasteiger partial charge in [0.05, 0.1) is 17.0 Å². The zero-order valence-electron chi connectivity index (χ0n) is 16.7. The van der Waals surface area contributed by atoms with Gasteiger partial charge in [0.2, 0.25) is 5.91 Å².